The Morgan fingerprint density at radius 1 is 1.29 bits per heavy atom. The fourth-order valence-electron chi connectivity index (χ4n) is 2.03. The van der Waals surface area contributed by atoms with Gasteiger partial charge in [0.1, 0.15) is 5.82 Å². The zero-order valence-electron chi connectivity index (χ0n) is 7.64. The fraction of sp³-hybridized carbons (Fsp3) is 0.273. The van der Waals surface area contributed by atoms with E-state index in [0.29, 0.717) is 0 Å². The number of hydrogen-bond acceptors (Lipinski definition) is 2. The molecule has 0 saturated heterocycles. The molecule has 0 fully saturated rings. The highest BCUT2D eigenvalue weighted by Gasteiger charge is 2.14. The van der Waals surface area contributed by atoms with E-state index in [1.165, 1.54) is 22.5 Å². The molecule has 0 aliphatic carbocycles. The molecule has 2 aromatic rings. The Morgan fingerprint density at radius 2 is 2.21 bits per heavy atom. The molecule has 0 saturated carbocycles. The zero-order chi connectivity index (χ0) is 9.54. The predicted molar refractivity (Wildman–Crippen MR) is 57.2 cm³/mol. The first-order chi connectivity index (χ1) is 6.86. The van der Waals surface area contributed by atoms with E-state index in [9.17, 15) is 4.39 Å². The molecule has 0 unspecified atom stereocenters. The molecule has 14 heavy (non-hydrogen) atoms. The van der Waals surface area contributed by atoms with Gasteiger partial charge in [-0.1, -0.05) is 6.07 Å². The van der Waals surface area contributed by atoms with Crippen molar-refractivity contribution in [2.45, 2.75) is 13.0 Å². The number of rotatable bonds is 0. The van der Waals surface area contributed by atoms with Crippen LogP contribution in [0.4, 0.5) is 4.39 Å². The van der Waals surface area contributed by atoms with E-state index in [-0.39, 0.29) is 5.82 Å². The highest BCUT2D eigenvalue weighted by atomic mass is 32.1. The van der Waals surface area contributed by atoms with E-state index in [1.807, 2.05) is 6.07 Å². The van der Waals surface area contributed by atoms with Gasteiger partial charge in [-0.2, -0.15) is 0 Å². The Kier molecular flexibility index (Phi) is 1.82. The molecule has 0 radical (unpaired) electrons. The molecule has 3 heteroatoms. The van der Waals surface area contributed by atoms with E-state index >= 15 is 0 Å². The van der Waals surface area contributed by atoms with Crippen LogP contribution < -0.4 is 5.32 Å². The van der Waals surface area contributed by atoms with Crippen LogP contribution in [0.2, 0.25) is 0 Å². The average Bonchev–Trinajstić information content (AvgIpc) is 2.51. The topological polar surface area (TPSA) is 12.0 Å². The number of halogens is 1. The van der Waals surface area contributed by atoms with Crippen molar-refractivity contribution in [3.05, 3.63) is 34.5 Å². The van der Waals surface area contributed by atoms with Crippen molar-refractivity contribution in [3.63, 3.8) is 0 Å². The Balaban J connectivity index is 2.41. The molecule has 1 aromatic carbocycles. The van der Waals surface area contributed by atoms with E-state index in [1.54, 1.807) is 6.07 Å². The molecule has 0 spiro atoms. The van der Waals surface area contributed by atoms with Gasteiger partial charge in [0.2, 0.25) is 0 Å². The molecule has 1 nitrogen and oxygen atoms in total. The van der Waals surface area contributed by atoms with Gasteiger partial charge in [0.25, 0.3) is 0 Å². The SMILES string of the molecule is Fc1ccc2c3c(csc13)CCNC2. The third kappa shape index (κ3) is 1.09. The summed E-state index contributed by atoms with van der Waals surface area (Å²) >= 11 is 1.53. The molecule has 0 amide bonds. The highest BCUT2D eigenvalue weighted by Crippen LogP contribution is 2.32. The lowest BCUT2D eigenvalue weighted by molar-refractivity contribution is 0.640. The molecule has 1 aliphatic rings. The number of nitrogens with one attached hydrogen (secondary N) is 1. The van der Waals surface area contributed by atoms with Crippen molar-refractivity contribution >= 4 is 21.4 Å². The Bertz CT molecular complexity index is 489. The van der Waals surface area contributed by atoms with Crippen molar-refractivity contribution in [1.29, 1.82) is 0 Å². The molecule has 72 valence electrons. The quantitative estimate of drug-likeness (QED) is 0.700. The minimum Gasteiger partial charge on any atom is -0.312 e. The predicted octanol–water partition coefficient (Wildman–Crippen LogP) is 2.69. The maximum absolute atomic E-state index is 13.5. The molecule has 2 heterocycles. The molecule has 3 rings (SSSR count). The lowest BCUT2D eigenvalue weighted by atomic mass is 10.1. The standard InChI is InChI=1S/C11H10FNS/c12-9-2-1-7-5-13-4-3-8-6-14-11(9)10(7)8/h1-2,6,13H,3-5H2. The lowest BCUT2D eigenvalue weighted by Crippen LogP contribution is -2.13. The second-order valence-corrected chi connectivity index (χ2v) is 4.48. The molecular weight excluding hydrogens is 197 g/mol. The minimum absolute atomic E-state index is 0.0816. The minimum atomic E-state index is -0.0816. The van der Waals surface area contributed by atoms with Crippen LogP contribution >= 0.6 is 11.3 Å². The zero-order valence-corrected chi connectivity index (χ0v) is 8.46. The molecule has 0 bridgehead atoms. The van der Waals surface area contributed by atoms with Gasteiger partial charge in [-0.05, 0) is 35.5 Å². The van der Waals surface area contributed by atoms with Crippen LogP contribution in [0.1, 0.15) is 11.1 Å². The van der Waals surface area contributed by atoms with Gasteiger partial charge in [0, 0.05) is 11.9 Å². The van der Waals surface area contributed by atoms with Crippen molar-refractivity contribution in [3.8, 4) is 0 Å². The summed E-state index contributed by atoms with van der Waals surface area (Å²) in [7, 11) is 0. The monoisotopic (exact) mass is 207 g/mol. The third-order valence-corrected chi connectivity index (χ3v) is 3.76. The summed E-state index contributed by atoms with van der Waals surface area (Å²) in [6, 6.07) is 3.47. The summed E-state index contributed by atoms with van der Waals surface area (Å²) in [5.41, 5.74) is 2.53. The van der Waals surface area contributed by atoms with Gasteiger partial charge in [-0.3, -0.25) is 0 Å². The van der Waals surface area contributed by atoms with Crippen molar-refractivity contribution in [1.82, 2.24) is 5.32 Å². The summed E-state index contributed by atoms with van der Waals surface area (Å²) in [6.45, 7) is 1.85. The summed E-state index contributed by atoms with van der Waals surface area (Å²) in [6.07, 6.45) is 1.01. The van der Waals surface area contributed by atoms with Gasteiger partial charge < -0.3 is 5.32 Å². The highest BCUT2D eigenvalue weighted by molar-refractivity contribution is 7.17. The van der Waals surface area contributed by atoms with Crippen molar-refractivity contribution in [2.75, 3.05) is 6.54 Å². The van der Waals surface area contributed by atoms with E-state index in [4.69, 9.17) is 0 Å². The molecule has 1 aliphatic heterocycles. The first kappa shape index (κ1) is 8.38. The van der Waals surface area contributed by atoms with Crippen LogP contribution in [0.25, 0.3) is 10.1 Å². The largest absolute Gasteiger partial charge is 0.312 e. The Hall–Kier alpha value is -0.930. The van der Waals surface area contributed by atoms with Crippen LogP contribution in [-0.2, 0) is 13.0 Å². The van der Waals surface area contributed by atoms with Crippen LogP contribution in [0.5, 0.6) is 0 Å². The lowest BCUT2D eigenvalue weighted by Gasteiger charge is -2.01. The van der Waals surface area contributed by atoms with E-state index in [0.717, 1.165) is 29.6 Å². The number of thiophene rings is 1. The number of hydrogen-bond donors (Lipinski definition) is 1. The second kappa shape index (κ2) is 3.04. The molecule has 1 aromatic heterocycles. The molecular formula is C11H10FNS. The maximum Gasteiger partial charge on any atom is 0.141 e. The summed E-state index contributed by atoms with van der Waals surface area (Å²) in [4.78, 5) is 0. The average molecular weight is 207 g/mol. The van der Waals surface area contributed by atoms with Crippen LogP contribution in [-0.4, -0.2) is 6.54 Å². The number of benzene rings is 1. The van der Waals surface area contributed by atoms with Gasteiger partial charge >= 0.3 is 0 Å². The fourth-order valence-corrected chi connectivity index (χ4v) is 3.09. The van der Waals surface area contributed by atoms with Crippen LogP contribution in [0.3, 0.4) is 0 Å². The van der Waals surface area contributed by atoms with Crippen molar-refractivity contribution < 1.29 is 4.39 Å². The summed E-state index contributed by atoms with van der Waals surface area (Å²) in [5.74, 6) is -0.0816. The van der Waals surface area contributed by atoms with Crippen LogP contribution in [0, 0.1) is 5.82 Å². The Morgan fingerprint density at radius 3 is 3.14 bits per heavy atom. The second-order valence-electron chi connectivity index (χ2n) is 3.60. The Labute approximate surface area is 85.6 Å². The van der Waals surface area contributed by atoms with E-state index in [2.05, 4.69) is 10.7 Å². The molecule has 0 atom stereocenters. The normalized spacial score (nSPS) is 15.8. The van der Waals surface area contributed by atoms with Gasteiger partial charge in [-0.15, -0.1) is 11.3 Å². The van der Waals surface area contributed by atoms with Gasteiger partial charge in [-0.25, -0.2) is 4.39 Å². The van der Waals surface area contributed by atoms with Gasteiger partial charge in [0.05, 0.1) is 4.70 Å². The summed E-state index contributed by atoms with van der Waals surface area (Å²) < 4.78 is 14.3. The first-order valence-corrected chi connectivity index (χ1v) is 5.62. The smallest absolute Gasteiger partial charge is 0.141 e. The van der Waals surface area contributed by atoms with Gasteiger partial charge in [0.15, 0.2) is 0 Å². The third-order valence-electron chi connectivity index (χ3n) is 2.72. The van der Waals surface area contributed by atoms with E-state index < -0.39 is 0 Å². The maximum atomic E-state index is 13.5. The first-order valence-electron chi connectivity index (χ1n) is 4.74. The summed E-state index contributed by atoms with van der Waals surface area (Å²) in [5, 5.41) is 6.58. The van der Waals surface area contributed by atoms with Crippen LogP contribution in [0.15, 0.2) is 17.5 Å². The van der Waals surface area contributed by atoms with Crippen molar-refractivity contribution in [2.24, 2.45) is 0 Å². The molecule has 1 N–H and O–H groups in total.